The summed E-state index contributed by atoms with van der Waals surface area (Å²) in [5, 5.41) is 16.4. The predicted molar refractivity (Wildman–Crippen MR) is 118 cm³/mol. The van der Waals surface area contributed by atoms with E-state index < -0.39 is 53.8 Å². The van der Waals surface area contributed by atoms with Gasteiger partial charge in [-0.1, -0.05) is 34.1 Å². The molecule has 0 heterocycles. The fourth-order valence-corrected chi connectivity index (χ4v) is 2.82. The predicted octanol–water partition coefficient (Wildman–Crippen LogP) is -1.25. The van der Waals surface area contributed by atoms with Gasteiger partial charge in [0.2, 0.25) is 23.6 Å². The van der Waals surface area contributed by atoms with E-state index in [1.165, 1.54) is 0 Å². The third kappa shape index (κ3) is 10.0. The Kier molecular flexibility index (Phi) is 12.8. The van der Waals surface area contributed by atoms with Gasteiger partial charge in [-0.2, -0.15) is 12.6 Å². The average Bonchev–Trinajstić information content (AvgIpc) is 2.70. The lowest BCUT2D eigenvalue weighted by molar-refractivity contribution is -0.141. The Morgan fingerprint density at radius 2 is 1.48 bits per heavy atom. The number of carbonyl (C=O) groups is 5. The van der Waals surface area contributed by atoms with Crippen molar-refractivity contribution < 1.29 is 29.1 Å². The summed E-state index contributed by atoms with van der Waals surface area (Å²) in [5.74, 6) is -4.56. The molecule has 0 radical (unpaired) electrons. The Bertz CT molecular complexity index is 660. The van der Waals surface area contributed by atoms with E-state index in [4.69, 9.17) is 16.6 Å². The maximum atomic E-state index is 12.8. The molecule has 12 heteroatoms. The van der Waals surface area contributed by atoms with Crippen LogP contribution in [0.5, 0.6) is 0 Å². The van der Waals surface area contributed by atoms with Gasteiger partial charge in [0, 0.05) is 12.2 Å². The molecule has 11 nitrogen and oxygen atoms in total. The zero-order valence-corrected chi connectivity index (χ0v) is 19.3. The van der Waals surface area contributed by atoms with Crippen LogP contribution in [0.3, 0.4) is 0 Å². The highest BCUT2D eigenvalue weighted by atomic mass is 32.1. The molecule has 0 aliphatic heterocycles. The lowest BCUT2D eigenvalue weighted by atomic mass is 9.97. The van der Waals surface area contributed by atoms with Crippen LogP contribution in [0.2, 0.25) is 0 Å². The van der Waals surface area contributed by atoms with Crippen molar-refractivity contribution in [3.8, 4) is 0 Å². The van der Waals surface area contributed by atoms with Crippen molar-refractivity contribution in [3.05, 3.63) is 0 Å². The van der Waals surface area contributed by atoms with Gasteiger partial charge in [0.15, 0.2) is 0 Å². The monoisotopic (exact) mass is 461 g/mol. The number of carboxylic acid groups (broad SMARTS) is 1. The number of nitrogens with one attached hydrogen (secondary N) is 3. The molecule has 0 aromatic heterocycles. The lowest BCUT2D eigenvalue weighted by Crippen LogP contribution is -2.59. The lowest BCUT2D eigenvalue weighted by Gasteiger charge is -2.27. The minimum Gasteiger partial charge on any atom is -0.480 e. The minimum absolute atomic E-state index is 0.0980. The van der Waals surface area contributed by atoms with Gasteiger partial charge in [0.05, 0.1) is 6.04 Å². The average molecular weight is 462 g/mol. The largest absolute Gasteiger partial charge is 0.480 e. The maximum absolute atomic E-state index is 12.8. The highest BCUT2D eigenvalue weighted by Crippen LogP contribution is 2.09. The molecule has 5 atom stereocenters. The van der Waals surface area contributed by atoms with Crippen LogP contribution in [0.25, 0.3) is 0 Å². The summed E-state index contributed by atoms with van der Waals surface area (Å²) in [4.78, 5) is 60.1. The molecule has 4 amide bonds. The van der Waals surface area contributed by atoms with Crippen molar-refractivity contribution >= 4 is 42.2 Å². The van der Waals surface area contributed by atoms with Crippen LogP contribution in [0, 0.1) is 11.8 Å². The van der Waals surface area contributed by atoms with Crippen LogP contribution in [0.4, 0.5) is 0 Å². The summed E-state index contributed by atoms with van der Waals surface area (Å²) in [6.07, 6.45) is 0.323. The fraction of sp³-hybridized carbons (Fsp3) is 0.737. The molecular formula is C19H35N5O6S. The first kappa shape index (κ1) is 28.7. The van der Waals surface area contributed by atoms with Gasteiger partial charge >= 0.3 is 5.97 Å². The van der Waals surface area contributed by atoms with Crippen LogP contribution in [0.1, 0.15) is 47.0 Å². The molecule has 0 rings (SSSR count). The van der Waals surface area contributed by atoms with E-state index in [0.717, 1.165) is 0 Å². The molecule has 0 spiro atoms. The second kappa shape index (κ2) is 13.9. The molecule has 31 heavy (non-hydrogen) atoms. The van der Waals surface area contributed by atoms with Gasteiger partial charge in [-0.25, -0.2) is 4.79 Å². The van der Waals surface area contributed by atoms with Crippen molar-refractivity contribution in [2.24, 2.45) is 23.3 Å². The number of hydrogen-bond acceptors (Lipinski definition) is 7. The number of carbonyl (C=O) groups excluding carboxylic acids is 4. The second-order valence-corrected chi connectivity index (χ2v) is 8.15. The Morgan fingerprint density at radius 3 is 1.90 bits per heavy atom. The number of nitrogens with two attached hydrogens (primary N) is 2. The van der Waals surface area contributed by atoms with Gasteiger partial charge in [0.1, 0.15) is 18.1 Å². The van der Waals surface area contributed by atoms with Crippen molar-refractivity contribution in [2.45, 2.75) is 71.1 Å². The third-order valence-electron chi connectivity index (χ3n) is 4.92. The number of carboxylic acids is 1. The van der Waals surface area contributed by atoms with Crippen LogP contribution < -0.4 is 27.4 Å². The highest BCUT2D eigenvalue weighted by Gasteiger charge is 2.32. The molecule has 8 N–H and O–H groups in total. The number of hydrogen-bond donors (Lipinski definition) is 7. The molecule has 0 aromatic rings. The van der Waals surface area contributed by atoms with Crippen LogP contribution >= 0.6 is 12.6 Å². The number of primary amides is 1. The van der Waals surface area contributed by atoms with Crippen molar-refractivity contribution in [2.75, 3.05) is 5.75 Å². The summed E-state index contributed by atoms with van der Waals surface area (Å²) in [7, 11) is 0. The number of amides is 4. The Balaban J connectivity index is 5.44. The number of thiol groups is 1. The Labute approximate surface area is 187 Å². The topological polar surface area (TPSA) is 194 Å². The van der Waals surface area contributed by atoms with E-state index >= 15 is 0 Å². The standard InChI is InChI=1S/C19H35N5O6S/c1-5-10(4)14(21)17(27)24-15(9(2)3)18(28)22-11(6-7-13(20)25)16(26)23-12(8-31)19(29)30/h9-12,14-15,31H,5-8,21H2,1-4H3,(H2,20,25)(H,22,28)(H,23,26)(H,24,27)(H,29,30). The first-order valence-corrected chi connectivity index (χ1v) is 10.8. The molecular weight excluding hydrogens is 426 g/mol. The summed E-state index contributed by atoms with van der Waals surface area (Å²) in [5.41, 5.74) is 11.1. The maximum Gasteiger partial charge on any atom is 0.327 e. The summed E-state index contributed by atoms with van der Waals surface area (Å²) in [6, 6.07) is -4.31. The molecule has 0 aromatic carbocycles. The Morgan fingerprint density at radius 1 is 0.935 bits per heavy atom. The second-order valence-electron chi connectivity index (χ2n) is 7.79. The number of aliphatic carboxylic acids is 1. The zero-order chi connectivity index (χ0) is 24.3. The fourth-order valence-electron chi connectivity index (χ4n) is 2.57. The van der Waals surface area contributed by atoms with Crippen molar-refractivity contribution in [1.82, 2.24) is 16.0 Å². The van der Waals surface area contributed by atoms with Gasteiger partial charge < -0.3 is 32.5 Å². The highest BCUT2D eigenvalue weighted by molar-refractivity contribution is 7.80. The molecule has 5 unspecified atom stereocenters. The van der Waals surface area contributed by atoms with Gasteiger partial charge in [0.25, 0.3) is 0 Å². The zero-order valence-electron chi connectivity index (χ0n) is 18.4. The summed E-state index contributed by atoms with van der Waals surface area (Å²) >= 11 is 3.88. The van der Waals surface area contributed by atoms with E-state index in [1.807, 2.05) is 13.8 Å². The van der Waals surface area contributed by atoms with E-state index in [2.05, 4.69) is 28.6 Å². The van der Waals surface area contributed by atoms with Gasteiger partial charge in [-0.3, -0.25) is 19.2 Å². The summed E-state index contributed by atoms with van der Waals surface area (Å²) in [6.45, 7) is 7.12. The van der Waals surface area contributed by atoms with Crippen molar-refractivity contribution in [3.63, 3.8) is 0 Å². The molecule has 0 bridgehead atoms. The quantitative estimate of drug-likeness (QED) is 0.157. The smallest absolute Gasteiger partial charge is 0.327 e. The third-order valence-corrected chi connectivity index (χ3v) is 5.28. The van der Waals surface area contributed by atoms with E-state index in [-0.39, 0.29) is 30.4 Å². The van der Waals surface area contributed by atoms with Crippen LogP contribution in [-0.2, 0) is 24.0 Å². The molecule has 0 fully saturated rings. The SMILES string of the molecule is CCC(C)C(N)C(=O)NC(C(=O)NC(CCC(N)=O)C(=O)NC(CS)C(=O)O)C(C)C. The van der Waals surface area contributed by atoms with Crippen LogP contribution in [-0.4, -0.2) is 64.6 Å². The molecule has 0 aliphatic carbocycles. The molecule has 178 valence electrons. The van der Waals surface area contributed by atoms with E-state index in [9.17, 15) is 24.0 Å². The van der Waals surface area contributed by atoms with E-state index in [0.29, 0.717) is 6.42 Å². The minimum atomic E-state index is -1.30. The first-order chi connectivity index (χ1) is 14.3. The number of rotatable bonds is 14. The van der Waals surface area contributed by atoms with Gasteiger partial charge in [-0.05, 0) is 18.3 Å². The summed E-state index contributed by atoms with van der Waals surface area (Å²) < 4.78 is 0. The van der Waals surface area contributed by atoms with Crippen LogP contribution in [0.15, 0.2) is 0 Å². The molecule has 0 saturated carbocycles. The first-order valence-electron chi connectivity index (χ1n) is 10.1. The van der Waals surface area contributed by atoms with Gasteiger partial charge in [-0.15, -0.1) is 0 Å². The molecule has 0 saturated heterocycles. The Hall–Kier alpha value is -2.34. The molecule has 0 aliphatic rings. The normalized spacial score (nSPS) is 15.8. The van der Waals surface area contributed by atoms with E-state index in [1.54, 1.807) is 13.8 Å². The van der Waals surface area contributed by atoms with Crippen molar-refractivity contribution in [1.29, 1.82) is 0 Å².